The summed E-state index contributed by atoms with van der Waals surface area (Å²) in [5.74, 6) is 12.3. The summed E-state index contributed by atoms with van der Waals surface area (Å²) in [6, 6.07) is 0. The Morgan fingerprint density at radius 1 is 1.00 bits per heavy atom. The molecule has 0 aliphatic carbocycles. The Balaban J connectivity index is 3.75. The molecule has 0 rings (SSSR count). The van der Waals surface area contributed by atoms with E-state index in [1.54, 1.807) is 6.92 Å². The predicted molar refractivity (Wildman–Crippen MR) is 34.9 cm³/mol. The monoisotopic (exact) mass is 122 g/mol. The molecule has 0 atom stereocenters. The molecule has 0 nitrogen and oxygen atoms in total. The molecule has 0 saturated heterocycles. The molecule has 0 fully saturated rings. The Labute approximate surface area is 54.2 Å². The summed E-state index contributed by atoms with van der Waals surface area (Å²) in [5, 5.41) is 2.11. The molecule has 0 heterocycles. The van der Waals surface area contributed by atoms with Crippen molar-refractivity contribution in [3.8, 4) is 35.0 Å². The van der Waals surface area contributed by atoms with Gasteiger partial charge in [0, 0.05) is 17.2 Å². The number of halogens is 1. The maximum absolute atomic E-state index is 4.97. The van der Waals surface area contributed by atoms with E-state index in [2.05, 4.69) is 35.0 Å². The molecule has 0 aromatic carbocycles. The summed E-state index contributed by atoms with van der Waals surface area (Å²) in [4.78, 5) is 0. The van der Waals surface area contributed by atoms with Gasteiger partial charge in [0.05, 0.1) is 0 Å². The second-order valence-electron chi connectivity index (χ2n) is 0.844. The maximum Gasteiger partial charge on any atom is 0.0184 e. The first-order valence-electron chi connectivity index (χ1n) is 1.94. The first-order chi connectivity index (χ1) is 3.91. The first-order valence-corrected chi connectivity index (χ1v) is 2.32. The zero-order valence-corrected chi connectivity index (χ0v) is 5.13. The van der Waals surface area contributed by atoms with Crippen LogP contribution in [0.5, 0.6) is 0 Å². The van der Waals surface area contributed by atoms with E-state index >= 15 is 0 Å². The fourth-order valence-corrected chi connectivity index (χ4v) is 0.196. The molecule has 0 aromatic rings. The molecular weight excluding hydrogens is 120 g/mol. The SMILES string of the molecule is CC#CC#CC#CCl. The van der Waals surface area contributed by atoms with E-state index in [0.29, 0.717) is 0 Å². The van der Waals surface area contributed by atoms with Gasteiger partial charge in [0.1, 0.15) is 0 Å². The average Bonchev–Trinajstić information content (AvgIpc) is 1.81. The van der Waals surface area contributed by atoms with Crippen molar-refractivity contribution < 1.29 is 0 Å². The molecule has 0 N–H and O–H groups in total. The lowest BCUT2D eigenvalue weighted by Gasteiger charge is -1.50. The van der Waals surface area contributed by atoms with Crippen LogP contribution < -0.4 is 0 Å². The summed E-state index contributed by atoms with van der Waals surface area (Å²) < 4.78 is 0. The van der Waals surface area contributed by atoms with Crippen LogP contribution in [0.3, 0.4) is 0 Å². The Hall–Kier alpha value is -1.03. The normalized spacial score (nSPS) is 3.75. The number of rotatable bonds is 0. The van der Waals surface area contributed by atoms with Gasteiger partial charge in [0.25, 0.3) is 0 Å². The first kappa shape index (κ1) is 6.97. The lowest BCUT2D eigenvalue weighted by molar-refractivity contribution is 1.92. The quantitative estimate of drug-likeness (QED) is 0.424. The number of hydrogen-bond acceptors (Lipinski definition) is 0. The molecule has 8 heavy (non-hydrogen) atoms. The lowest BCUT2D eigenvalue weighted by Crippen LogP contribution is -1.47. The van der Waals surface area contributed by atoms with Crippen molar-refractivity contribution >= 4 is 11.6 Å². The van der Waals surface area contributed by atoms with E-state index in [9.17, 15) is 0 Å². The van der Waals surface area contributed by atoms with Gasteiger partial charge in [-0.3, -0.25) is 0 Å². The highest BCUT2D eigenvalue weighted by molar-refractivity contribution is 6.30. The molecule has 0 radical (unpaired) electrons. The van der Waals surface area contributed by atoms with E-state index in [4.69, 9.17) is 11.6 Å². The molecule has 0 unspecified atom stereocenters. The topological polar surface area (TPSA) is 0 Å². The summed E-state index contributed by atoms with van der Waals surface area (Å²) in [6.45, 7) is 1.71. The fraction of sp³-hybridized carbons (Fsp3) is 0.143. The average molecular weight is 123 g/mol. The maximum atomic E-state index is 4.97. The molecule has 38 valence electrons. The van der Waals surface area contributed by atoms with Crippen LogP contribution in [0.15, 0.2) is 0 Å². The van der Waals surface area contributed by atoms with Gasteiger partial charge in [-0.2, -0.15) is 0 Å². The highest BCUT2D eigenvalue weighted by Gasteiger charge is 1.49. The van der Waals surface area contributed by atoms with Crippen molar-refractivity contribution in [1.82, 2.24) is 0 Å². The van der Waals surface area contributed by atoms with E-state index in [0.717, 1.165) is 0 Å². The van der Waals surface area contributed by atoms with Gasteiger partial charge < -0.3 is 0 Å². The van der Waals surface area contributed by atoms with Gasteiger partial charge in [0.15, 0.2) is 0 Å². The Bertz CT molecular complexity index is 194. The van der Waals surface area contributed by atoms with Crippen molar-refractivity contribution in [2.24, 2.45) is 0 Å². The lowest BCUT2D eigenvalue weighted by atomic mass is 10.5. The molecule has 0 bridgehead atoms. The second-order valence-corrected chi connectivity index (χ2v) is 1.03. The predicted octanol–water partition coefficient (Wildman–Crippen LogP) is 1.21. The third kappa shape index (κ3) is 4.97. The smallest absolute Gasteiger partial charge is 0.0184 e. The third-order valence-corrected chi connectivity index (χ3v) is 0.454. The van der Waals surface area contributed by atoms with Crippen LogP contribution in [0.1, 0.15) is 6.92 Å². The zero-order chi connectivity index (χ0) is 6.24. The molecule has 0 aromatic heterocycles. The van der Waals surface area contributed by atoms with Crippen LogP contribution in [0.25, 0.3) is 0 Å². The molecule has 0 saturated carbocycles. The van der Waals surface area contributed by atoms with Crippen LogP contribution in [0.2, 0.25) is 0 Å². The highest BCUT2D eigenvalue weighted by atomic mass is 35.5. The summed E-state index contributed by atoms with van der Waals surface area (Å²) >= 11 is 4.97. The minimum absolute atomic E-state index is 1.71. The van der Waals surface area contributed by atoms with Crippen molar-refractivity contribution in [3.05, 3.63) is 0 Å². The van der Waals surface area contributed by atoms with Crippen LogP contribution in [-0.4, -0.2) is 0 Å². The zero-order valence-electron chi connectivity index (χ0n) is 4.38. The summed E-state index contributed by atoms with van der Waals surface area (Å²) in [7, 11) is 0. The van der Waals surface area contributed by atoms with Crippen LogP contribution >= 0.6 is 11.6 Å². The van der Waals surface area contributed by atoms with Crippen molar-refractivity contribution in [1.29, 1.82) is 0 Å². The summed E-state index contributed by atoms with van der Waals surface area (Å²) in [6.07, 6.45) is 0. The van der Waals surface area contributed by atoms with E-state index in [-0.39, 0.29) is 0 Å². The van der Waals surface area contributed by atoms with E-state index in [1.807, 2.05) is 0 Å². The fourth-order valence-electron chi connectivity index (χ4n) is 0.149. The van der Waals surface area contributed by atoms with Crippen LogP contribution in [0.4, 0.5) is 0 Å². The minimum Gasteiger partial charge on any atom is -0.0925 e. The summed E-state index contributed by atoms with van der Waals surface area (Å²) in [5.41, 5.74) is 0. The Morgan fingerprint density at radius 2 is 1.62 bits per heavy atom. The van der Waals surface area contributed by atoms with Gasteiger partial charge in [0.2, 0.25) is 0 Å². The Morgan fingerprint density at radius 3 is 2.12 bits per heavy atom. The minimum atomic E-state index is 1.71. The highest BCUT2D eigenvalue weighted by Crippen LogP contribution is 1.59. The molecule has 0 spiro atoms. The van der Waals surface area contributed by atoms with Gasteiger partial charge in [-0.15, -0.1) is 0 Å². The standard InChI is InChI=1S/C7H3Cl/c1-2-3-4-5-6-7-8/h1H3. The van der Waals surface area contributed by atoms with Crippen molar-refractivity contribution in [2.45, 2.75) is 6.92 Å². The number of hydrogen-bond donors (Lipinski definition) is 0. The van der Waals surface area contributed by atoms with Gasteiger partial charge in [-0.25, -0.2) is 0 Å². The Kier molecular flexibility index (Phi) is 5.20. The molecule has 0 aliphatic heterocycles. The van der Waals surface area contributed by atoms with E-state index in [1.165, 1.54) is 0 Å². The largest absolute Gasteiger partial charge is 0.0925 e. The third-order valence-electron chi connectivity index (χ3n) is 0.360. The molecule has 0 aliphatic rings. The van der Waals surface area contributed by atoms with Gasteiger partial charge in [-0.1, -0.05) is 5.92 Å². The van der Waals surface area contributed by atoms with Gasteiger partial charge >= 0.3 is 0 Å². The van der Waals surface area contributed by atoms with E-state index < -0.39 is 0 Å². The molecule has 0 amide bonds. The second kappa shape index (κ2) is 5.97. The van der Waals surface area contributed by atoms with Crippen LogP contribution in [-0.2, 0) is 0 Å². The molecular formula is C7H3Cl. The molecule has 1 heteroatoms. The van der Waals surface area contributed by atoms with Crippen LogP contribution in [0, 0.1) is 35.0 Å². The van der Waals surface area contributed by atoms with Crippen molar-refractivity contribution in [2.75, 3.05) is 0 Å². The van der Waals surface area contributed by atoms with Crippen molar-refractivity contribution in [3.63, 3.8) is 0 Å². The van der Waals surface area contributed by atoms with Gasteiger partial charge in [-0.05, 0) is 30.4 Å².